The first kappa shape index (κ1) is 87.6. The van der Waals surface area contributed by atoms with E-state index in [2.05, 4.69) is 80.1 Å². The second kappa shape index (κ2) is 36.8. The van der Waals surface area contributed by atoms with Gasteiger partial charge in [-0.2, -0.15) is 0 Å². The van der Waals surface area contributed by atoms with Gasteiger partial charge in [-0.25, -0.2) is 72.6 Å². The second-order valence-electron chi connectivity index (χ2n) is 36.3. The van der Waals surface area contributed by atoms with Crippen LogP contribution in [0.15, 0.2) is 158 Å². The van der Waals surface area contributed by atoms with E-state index in [4.69, 9.17) is 4.98 Å². The number of fused-ring (bicyclic) bond motifs is 8. The van der Waals surface area contributed by atoms with Crippen LogP contribution in [0.4, 0.5) is 52.7 Å². The average molecular weight is 1760 g/mol. The van der Waals surface area contributed by atoms with Crippen molar-refractivity contribution in [2.45, 2.75) is 210 Å². The quantitative estimate of drug-likeness (QED) is 0.0344. The van der Waals surface area contributed by atoms with Crippen molar-refractivity contribution in [3.05, 3.63) is 285 Å². The molecule has 4 atom stereocenters. The first-order chi connectivity index (χ1) is 62.2. The molecule has 8 aromatic carbocycles. The molecule has 16 aromatic rings. The normalized spacial score (nSPS) is 21.7. The number of aromatic amines is 4. The maximum absolute atomic E-state index is 14.0. The topological polar surface area (TPSA) is 216 Å². The van der Waals surface area contributed by atoms with Crippen molar-refractivity contribution in [1.29, 1.82) is 0 Å². The number of carbonyl (C=O) groups is 1. The van der Waals surface area contributed by atoms with Gasteiger partial charge in [-0.3, -0.25) is 24.7 Å². The first-order valence-corrected chi connectivity index (χ1v) is 44.8. The van der Waals surface area contributed by atoms with E-state index in [-0.39, 0.29) is 98.5 Å². The van der Waals surface area contributed by atoms with Crippen molar-refractivity contribution in [3.8, 4) is 0 Å². The Kier molecular flexibility index (Phi) is 25.0. The minimum Gasteiger partial charge on any atom is -0.393 e. The van der Waals surface area contributed by atoms with E-state index < -0.39 is 46.5 Å². The molecule has 21 rings (SSSR count). The third kappa shape index (κ3) is 18.0. The van der Waals surface area contributed by atoms with Crippen molar-refractivity contribution in [2.24, 2.45) is 23.7 Å². The molecule has 1 amide bonds. The van der Waals surface area contributed by atoms with Gasteiger partial charge in [0.25, 0.3) is 5.91 Å². The van der Waals surface area contributed by atoms with E-state index in [0.29, 0.717) is 88.6 Å². The number of aromatic nitrogens is 12. The van der Waals surface area contributed by atoms with Gasteiger partial charge in [0.2, 0.25) is 0 Å². The number of aliphatic hydroxyl groups is 1. The summed E-state index contributed by atoms with van der Waals surface area (Å²) in [5.74, 6) is -3.94. The SMILES string of the molecule is C[C@@H](c1nc2c(F)c(F)c(F)cc2[nH]1)C1CCC(c2ccnc3ccc(F)cc23)CC1.C[C@@H](c1nc2c(F)cc(F)c(F)c2[nH]1)C1CCC(c2ccnc3ccc(F)cc23)CC1.C[C@@H](c1nc2ccc(C(=O)NC3CC(O)C3)cc2[nH]1)C1CCC(c2ccnc3ccc(F)cc23)CC1.Cc1c(F)c(F)cc2[nH]c([C@H](C)C3CCC(c4ccnc5ccc(F)cc45)CC3)nc12. The minimum atomic E-state index is -1.50. The van der Waals surface area contributed by atoms with Crippen LogP contribution in [0.1, 0.15) is 252 Å². The molecule has 5 fully saturated rings. The van der Waals surface area contributed by atoms with Crippen LogP contribution in [-0.2, 0) is 0 Å². The minimum absolute atomic E-state index is 0.00880. The van der Waals surface area contributed by atoms with E-state index in [0.717, 1.165) is 186 Å². The number of benzene rings is 8. The molecular formula is C102H97F12N13O2. The fraction of sp³-hybridized carbons (Fsp3) is 0.363. The molecule has 6 N–H and O–H groups in total. The highest BCUT2D eigenvalue weighted by Crippen LogP contribution is 2.49. The molecule has 0 aliphatic heterocycles. The first-order valence-electron chi connectivity index (χ1n) is 44.8. The van der Waals surface area contributed by atoms with Crippen LogP contribution in [0.2, 0.25) is 0 Å². The lowest BCUT2D eigenvalue weighted by atomic mass is 9.73. The number of aliphatic hydroxyl groups excluding tert-OH is 1. The molecular weight excluding hydrogens is 1670 g/mol. The Bertz CT molecular complexity index is 6680. The Morgan fingerprint density at radius 2 is 0.690 bits per heavy atom. The van der Waals surface area contributed by atoms with E-state index >= 15 is 0 Å². The zero-order chi connectivity index (χ0) is 89.9. The molecule has 5 saturated carbocycles. The van der Waals surface area contributed by atoms with Gasteiger partial charge in [0, 0.05) is 105 Å². The summed E-state index contributed by atoms with van der Waals surface area (Å²) in [5.41, 5.74) is 11.1. The number of amides is 1. The summed E-state index contributed by atoms with van der Waals surface area (Å²) in [6.45, 7) is 9.90. The summed E-state index contributed by atoms with van der Waals surface area (Å²) in [6.07, 6.45) is 23.8. The lowest BCUT2D eigenvalue weighted by molar-refractivity contribution is 0.0562. The molecule has 129 heavy (non-hydrogen) atoms. The van der Waals surface area contributed by atoms with Gasteiger partial charge in [-0.05, 0) is 307 Å². The maximum Gasteiger partial charge on any atom is 0.251 e. The predicted molar refractivity (Wildman–Crippen MR) is 475 cm³/mol. The number of carbonyl (C=O) groups excluding carboxylic acids is 1. The molecule has 0 unspecified atom stereocenters. The molecule has 5 aliphatic carbocycles. The second-order valence-corrected chi connectivity index (χ2v) is 36.3. The van der Waals surface area contributed by atoms with Crippen LogP contribution in [0.3, 0.4) is 0 Å². The van der Waals surface area contributed by atoms with E-state index in [1.807, 2.05) is 56.4 Å². The summed E-state index contributed by atoms with van der Waals surface area (Å²) < 4.78 is 166. The summed E-state index contributed by atoms with van der Waals surface area (Å²) in [7, 11) is 0. The number of halogens is 12. The monoisotopic (exact) mass is 1760 g/mol. The number of imidazole rings is 4. The Morgan fingerprint density at radius 3 is 1.09 bits per heavy atom. The van der Waals surface area contributed by atoms with Crippen LogP contribution in [0.25, 0.3) is 87.7 Å². The highest BCUT2D eigenvalue weighted by molar-refractivity contribution is 5.98. The number of nitrogens with zero attached hydrogens (tertiary/aromatic N) is 8. The Labute approximate surface area is 735 Å². The van der Waals surface area contributed by atoms with Gasteiger partial charge >= 0.3 is 0 Å². The molecule has 15 nitrogen and oxygen atoms in total. The van der Waals surface area contributed by atoms with Crippen LogP contribution in [0.5, 0.6) is 0 Å². The number of hydrogen-bond acceptors (Lipinski definition) is 10. The smallest absolute Gasteiger partial charge is 0.251 e. The zero-order valence-electron chi connectivity index (χ0n) is 71.8. The molecule has 8 heterocycles. The summed E-state index contributed by atoms with van der Waals surface area (Å²) >= 11 is 0. The lowest BCUT2D eigenvalue weighted by Gasteiger charge is -2.32. The Hall–Kier alpha value is -12.1. The zero-order valence-corrected chi connectivity index (χ0v) is 71.8. The van der Waals surface area contributed by atoms with Crippen LogP contribution >= 0.6 is 0 Å². The lowest BCUT2D eigenvalue weighted by Crippen LogP contribution is -2.46. The van der Waals surface area contributed by atoms with Crippen LogP contribution in [-0.4, -0.2) is 83.0 Å². The number of nitrogens with one attached hydrogen (secondary N) is 5. The Balaban J connectivity index is 0.000000116. The highest BCUT2D eigenvalue weighted by Gasteiger charge is 2.37. The van der Waals surface area contributed by atoms with Gasteiger partial charge in [-0.1, -0.05) is 27.7 Å². The molecule has 5 aliphatic rings. The van der Waals surface area contributed by atoms with E-state index in [1.165, 1.54) is 41.5 Å². The highest BCUT2D eigenvalue weighted by atomic mass is 19.2. The van der Waals surface area contributed by atoms with Gasteiger partial charge in [0.05, 0.1) is 55.8 Å². The molecule has 27 heteroatoms. The Morgan fingerprint density at radius 1 is 0.349 bits per heavy atom. The van der Waals surface area contributed by atoms with Crippen molar-refractivity contribution in [2.75, 3.05) is 0 Å². The number of aryl methyl sites for hydroxylation is 1. The van der Waals surface area contributed by atoms with Crippen LogP contribution < -0.4 is 5.32 Å². The summed E-state index contributed by atoms with van der Waals surface area (Å²) in [6, 6.07) is 35.3. The van der Waals surface area contributed by atoms with Gasteiger partial charge in [-0.15, -0.1) is 0 Å². The summed E-state index contributed by atoms with van der Waals surface area (Å²) in [5, 5.41) is 16.0. The standard InChI is InChI=1S/C29H31FN4O2.C25H24F3N3.2C24H21F4N3/c1-16(17-2-4-18(5-3-17)23-10-11-31-25-9-7-20(30)13-24(23)25)28-33-26-8-6-19(12-27(26)34-28)29(36)32-21-14-22(35)15-21;1-13(25-30-22-12-20(27)23(28)14(2)24(22)31-25)15-3-5-16(6-4-15)18-9-10-29-21-8-7-17(26)11-19(18)21;1-12(24-30-22-19(27)11-18(26)21(28)23(22)31-24)13-2-4-14(5-3-13)16-8-9-29-20-7-6-15(25)10-17(16)20;1-12(24-30-20-11-18(26)21(27)22(28)23(20)31-24)13-2-4-14(5-3-13)16-8-9-29-19-7-6-15(25)10-17(16)19/h6-13,16-18,21-22,35H,2-5,14-15H2,1H3,(H,32,36)(H,33,34);7-13,15-16H,3-6H2,1-2H3,(H,30,31);2*6-14H,2-5H2,1H3,(H,30,31)/t16-,17?,18?,21?,22?;13-,15?,16?;2*12-,13?,14?/m1111/s1. The predicted octanol–water partition coefficient (Wildman–Crippen LogP) is 26.0. The van der Waals surface area contributed by atoms with Crippen molar-refractivity contribution in [3.63, 3.8) is 0 Å². The molecule has 0 radical (unpaired) electrons. The number of rotatable bonds is 14. The largest absolute Gasteiger partial charge is 0.393 e. The number of hydrogen-bond donors (Lipinski definition) is 6. The maximum atomic E-state index is 14.0. The van der Waals surface area contributed by atoms with Crippen molar-refractivity contribution < 1.29 is 62.6 Å². The molecule has 666 valence electrons. The van der Waals surface area contributed by atoms with E-state index in [1.54, 1.807) is 74.0 Å². The van der Waals surface area contributed by atoms with Crippen molar-refractivity contribution >= 4 is 93.7 Å². The van der Waals surface area contributed by atoms with E-state index in [9.17, 15) is 62.6 Å². The molecule has 8 aromatic heterocycles. The third-order valence-electron chi connectivity index (χ3n) is 28.7. The molecule has 0 spiro atoms. The fourth-order valence-electron chi connectivity index (χ4n) is 21.0. The van der Waals surface area contributed by atoms with Gasteiger partial charge < -0.3 is 30.4 Å². The third-order valence-corrected chi connectivity index (χ3v) is 28.7. The van der Waals surface area contributed by atoms with Gasteiger partial charge in [0.1, 0.15) is 63.1 Å². The van der Waals surface area contributed by atoms with Crippen molar-refractivity contribution in [1.82, 2.24) is 65.1 Å². The summed E-state index contributed by atoms with van der Waals surface area (Å²) in [4.78, 5) is 60.4. The number of H-pyrrole nitrogens is 4. The molecule has 0 saturated heterocycles. The van der Waals surface area contributed by atoms with Crippen LogP contribution in [0, 0.1) is 100 Å². The average Bonchev–Trinajstić information content (AvgIpc) is 1.59. The molecule has 0 bridgehead atoms. The fourth-order valence-corrected chi connectivity index (χ4v) is 21.0. The van der Waals surface area contributed by atoms with Gasteiger partial charge in [0.15, 0.2) is 46.5 Å². The number of pyridine rings is 4.